The number of nitrogens with one attached hydrogen (secondary N) is 2. The Bertz CT molecular complexity index is 770. The van der Waals surface area contributed by atoms with Gasteiger partial charge in [-0.15, -0.1) is 0 Å². The van der Waals surface area contributed by atoms with Crippen molar-refractivity contribution in [3.8, 4) is 0 Å². The summed E-state index contributed by atoms with van der Waals surface area (Å²) in [5, 5.41) is 5.51. The molecule has 0 aliphatic rings. The third kappa shape index (κ3) is 5.24. The first-order valence-corrected chi connectivity index (χ1v) is 8.17. The van der Waals surface area contributed by atoms with Crippen LogP contribution < -0.4 is 10.6 Å². The molecule has 2 N–H and O–H groups in total. The zero-order chi connectivity index (χ0) is 18.2. The number of hydrogen-bond donors (Lipinski definition) is 2. The smallest absolute Gasteiger partial charge is 0.257 e. The summed E-state index contributed by atoms with van der Waals surface area (Å²) in [6.07, 6.45) is 4.72. The second-order valence-corrected chi connectivity index (χ2v) is 5.66. The minimum atomic E-state index is -0.369. The summed E-state index contributed by atoms with van der Waals surface area (Å²) < 4.78 is 0. The summed E-state index contributed by atoms with van der Waals surface area (Å²) in [4.78, 5) is 39.6. The van der Waals surface area contributed by atoms with E-state index < -0.39 is 0 Å². The van der Waals surface area contributed by atoms with Crippen LogP contribution in [0.4, 0.5) is 5.69 Å². The van der Waals surface area contributed by atoms with Crippen LogP contribution in [0.25, 0.3) is 0 Å². The molecule has 0 fully saturated rings. The molecule has 0 bridgehead atoms. The molecule has 2 amide bonds. The van der Waals surface area contributed by atoms with E-state index in [1.807, 2.05) is 6.92 Å². The number of ketones is 1. The first kappa shape index (κ1) is 18.3. The normalized spacial score (nSPS) is 10.2. The number of carbonyl (C=O) groups is 3. The van der Waals surface area contributed by atoms with E-state index in [0.29, 0.717) is 28.9 Å². The second kappa shape index (κ2) is 8.73. The molecule has 0 atom stereocenters. The van der Waals surface area contributed by atoms with Gasteiger partial charge in [-0.1, -0.05) is 13.3 Å². The number of anilines is 1. The van der Waals surface area contributed by atoms with Gasteiger partial charge in [0, 0.05) is 30.2 Å². The molecule has 1 aromatic carbocycles. The van der Waals surface area contributed by atoms with Crippen LogP contribution in [0, 0.1) is 0 Å². The maximum Gasteiger partial charge on any atom is 0.257 e. The largest absolute Gasteiger partial charge is 0.352 e. The first-order valence-electron chi connectivity index (χ1n) is 8.17. The lowest BCUT2D eigenvalue weighted by Crippen LogP contribution is -2.25. The van der Waals surface area contributed by atoms with E-state index in [4.69, 9.17) is 0 Å². The van der Waals surface area contributed by atoms with E-state index in [0.717, 1.165) is 12.8 Å². The van der Waals surface area contributed by atoms with Crippen molar-refractivity contribution in [3.63, 3.8) is 0 Å². The van der Waals surface area contributed by atoms with Gasteiger partial charge in [0.25, 0.3) is 11.8 Å². The van der Waals surface area contributed by atoms with Crippen LogP contribution in [0.15, 0.2) is 42.7 Å². The van der Waals surface area contributed by atoms with Gasteiger partial charge in [-0.25, -0.2) is 0 Å². The summed E-state index contributed by atoms with van der Waals surface area (Å²) in [6.45, 7) is 4.12. The van der Waals surface area contributed by atoms with E-state index in [1.165, 1.54) is 25.4 Å². The number of unbranched alkanes of at least 4 members (excludes halogenated alkanes) is 1. The van der Waals surface area contributed by atoms with Crippen LogP contribution in [-0.4, -0.2) is 29.1 Å². The van der Waals surface area contributed by atoms with E-state index in [1.54, 1.807) is 24.3 Å². The second-order valence-electron chi connectivity index (χ2n) is 5.66. The van der Waals surface area contributed by atoms with Gasteiger partial charge >= 0.3 is 0 Å². The molecule has 6 nitrogen and oxygen atoms in total. The fourth-order valence-corrected chi connectivity index (χ4v) is 2.16. The van der Waals surface area contributed by atoms with Gasteiger partial charge < -0.3 is 10.6 Å². The van der Waals surface area contributed by atoms with Crippen molar-refractivity contribution in [3.05, 3.63) is 59.4 Å². The molecule has 2 aromatic rings. The highest BCUT2D eigenvalue weighted by Gasteiger charge is 2.11. The summed E-state index contributed by atoms with van der Waals surface area (Å²) in [5.41, 5.74) is 1.77. The Morgan fingerprint density at radius 1 is 0.960 bits per heavy atom. The number of pyridine rings is 1. The lowest BCUT2D eigenvalue weighted by Gasteiger charge is -2.08. The molecule has 0 unspecified atom stereocenters. The molecule has 1 aromatic heterocycles. The van der Waals surface area contributed by atoms with E-state index >= 15 is 0 Å². The molecule has 130 valence electrons. The average Bonchev–Trinajstić information content (AvgIpc) is 2.62. The Labute approximate surface area is 146 Å². The summed E-state index contributed by atoms with van der Waals surface area (Å²) in [7, 11) is 0. The summed E-state index contributed by atoms with van der Waals surface area (Å²) >= 11 is 0. The minimum absolute atomic E-state index is 0.0381. The molecule has 0 aliphatic carbocycles. The van der Waals surface area contributed by atoms with Gasteiger partial charge in [0.15, 0.2) is 5.78 Å². The van der Waals surface area contributed by atoms with Crippen LogP contribution in [0.2, 0.25) is 0 Å². The Morgan fingerprint density at radius 2 is 1.60 bits per heavy atom. The predicted molar refractivity (Wildman–Crippen MR) is 95.9 cm³/mol. The predicted octanol–water partition coefficient (Wildman–Crippen LogP) is 3.07. The number of nitrogens with zero attached hydrogens (tertiary/aromatic N) is 1. The van der Waals surface area contributed by atoms with Crippen molar-refractivity contribution in [1.29, 1.82) is 0 Å². The van der Waals surface area contributed by atoms with Gasteiger partial charge in [0.1, 0.15) is 0 Å². The van der Waals surface area contributed by atoms with E-state index in [2.05, 4.69) is 15.6 Å². The van der Waals surface area contributed by atoms with Gasteiger partial charge in [0.05, 0.1) is 11.1 Å². The number of amides is 2. The van der Waals surface area contributed by atoms with Crippen LogP contribution in [-0.2, 0) is 0 Å². The van der Waals surface area contributed by atoms with Crippen LogP contribution >= 0.6 is 0 Å². The van der Waals surface area contributed by atoms with Gasteiger partial charge in [0.2, 0.25) is 0 Å². The van der Waals surface area contributed by atoms with Crippen LogP contribution in [0.3, 0.4) is 0 Å². The molecule has 0 saturated carbocycles. The van der Waals surface area contributed by atoms with E-state index in [9.17, 15) is 14.4 Å². The Balaban J connectivity index is 2.05. The minimum Gasteiger partial charge on any atom is -0.352 e. The topological polar surface area (TPSA) is 88.2 Å². The number of Topliss-reactive ketones (excluding diaryl/α,β-unsaturated/α-hetero) is 1. The van der Waals surface area contributed by atoms with Crippen LogP contribution in [0.1, 0.15) is 57.8 Å². The Kier molecular flexibility index (Phi) is 6.39. The fraction of sp³-hybridized carbons (Fsp3) is 0.263. The first-order chi connectivity index (χ1) is 12.0. The molecule has 2 rings (SSSR count). The molecule has 0 aliphatic heterocycles. The van der Waals surface area contributed by atoms with Crippen molar-refractivity contribution in [2.45, 2.75) is 26.7 Å². The van der Waals surface area contributed by atoms with Gasteiger partial charge in [-0.05, 0) is 43.7 Å². The number of rotatable bonds is 7. The zero-order valence-corrected chi connectivity index (χ0v) is 14.3. The molecule has 0 spiro atoms. The monoisotopic (exact) mass is 339 g/mol. The molecular weight excluding hydrogens is 318 g/mol. The van der Waals surface area contributed by atoms with Crippen molar-refractivity contribution in [1.82, 2.24) is 10.3 Å². The van der Waals surface area contributed by atoms with Gasteiger partial charge in [-0.3, -0.25) is 19.4 Å². The number of aromatic nitrogens is 1. The Hall–Kier alpha value is -3.02. The zero-order valence-electron chi connectivity index (χ0n) is 14.3. The SMILES string of the molecule is CCCCNC(=O)c1cncc(C(=O)Nc2ccc(C(C)=O)cc2)c1. The number of carbonyl (C=O) groups excluding carboxylic acids is 3. The van der Waals surface area contributed by atoms with Crippen LogP contribution in [0.5, 0.6) is 0 Å². The molecule has 0 saturated heterocycles. The molecule has 6 heteroatoms. The molecule has 25 heavy (non-hydrogen) atoms. The van der Waals surface area contributed by atoms with Crippen molar-refractivity contribution in [2.75, 3.05) is 11.9 Å². The quantitative estimate of drug-likeness (QED) is 0.599. The van der Waals surface area contributed by atoms with E-state index in [-0.39, 0.29) is 17.6 Å². The number of hydrogen-bond acceptors (Lipinski definition) is 4. The molecular formula is C19H21N3O3. The third-order valence-corrected chi connectivity index (χ3v) is 3.63. The lowest BCUT2D eigenvalue weighted by molar-refractivity contribution is 0.0951. The Morgan fingerprint density at radius 3 is 2.20 bits per heavy atom. The summed E-state index contributed by atoms with van der Waals surface area (Å²) in [6, 6.07) is 8.11. The lowest BCUT2D eigenvalue weighted by atomic mass is 10.1. The van der Waals surface area contributed by atoms with Crippen molar-refractivity contribution < 1.29 is 14.4 Å². The number of benzene rings is 1. The molecule has 0 radical (unpaired) electrons. The fourth-order valence-electron chi connectivity index (χ4n) is 2.16. The highest BCUT2D eigenvalue weighted by molar-refractivity contribution is 6.06. The maximum atomic E-state index is 12.3. The highest BCUT2D eigenvalue weighted by atomic mass is 16.2. The molecule has 1 heterocycles. The van der Waals surface area contributed by atoms with Crippen molar-refractivity contribution in [2.24, 2.45) is 0 Å². The van der Waals surface area contributed by atoms with Gasteiger partial charge in [-0.2, -0.15) is 0 Å². The third-order valence-electron chi connectivity index (χ3n) is 3.63. The van der Waals surface area contributed by atoms with Crippen molar-refractivity contribution >= 4 is 23.3 Å². The standard InChI is InChI=1S/C19H21N3O3/c1-3-4-9-21-18(24)15-10-16(12-20-11-15)19(25)22-17-7-5-14(6-8-17)13(2)23/h5-8,10-12H,3-4,9H2,1-2H3,(H,21,24)(H,22,25). The maximum absolute atomic E-state index is 12.3. The highest BCUT2D eigenvalue weighted by Crippen LogP contribution is 2.12. The average molecular weight is 339 g/mol. The summed E-state index contributed by atoms with van der Waals surface area (Å²) in [5.74, 6) is -0.656.